The third-order valence-electron chi connectivity index (χ3n) is 5.88. The van der Waals surface area contributed by atoms with E-state index in [0.717, 1.165) is 51.0 Å². The van der Waals surface area contributed by atoms with E-state index in [2.05, 4.69) is 53.9 Å². The third kappa shape index (κ3) is 3.59. The summed E-state index contributed by atoms with van der Waals surface area (Å²) >= 11 is 3.51. The molecule has 4 rings (SSSR count). The Morgan fingerprint density at radius 3 is 1.62 bits per heavy atom. The summed E-state index contributed by atoms with van der Waals surface area (Å²) in [6.07, 6.45) is 2.95. The fourth-order valence-corrected chi connectivity index (χ4v) is 5.02. The Hall–Kier alpha value is -2.21. The van der Waals surface area contributed by atoms with Crippen LogP contribution in [-0.4, -0.2) is 26.8 Å². The van der Waals surface area contributed by atoms with Crippen molar-refractivity contribution in [3.8, 4) is 11.1 Å². The van der Waals surface area contributed by atoms with Gasteiger partial charge in [0.15, 0.2) is 0 Å². The van der Waals surface area contributed by atoms with Crippen LogP contribution in [0.4, 0.5) is 0 Å². The molecule has 0 amide bonds. The number of nitrogens with zero attached hydrogens (tertiary/aromatic N) is 3. The summed E-state index contributed by atoms with van der Waals surface area (Å²) in [5.41, 5.74) is 6.87. The zero-order valence-corrected chi connectivity index (χ0v) is 18.8. The molecule has 6 heteroatoms. The molecule has 0 bridgehead atoms. The number of pyridine rings is 1. The smallest absolute Gasteiger partial charge is 0.0898 e. The van der Waals surface area contributed by atoms with Crippen LogP contribution in [-0.2, 0) is 12.8 Å². The Kier molecular flexibility index (Phi) is 4.80. The predicted octanol–water partition coefficient (Wildman–Crippen LogP) is 5.81. The minimum Gasteiger partial charge on any atom is -0.411 e. The van der Waals surface area contributed by atoms with Gasteiger partial charge in [0.05, 0.1) is 22.8 Å². The van der Waals surface area contributed by atoms with Gasteiger partial charge in [0.25, 0.3) is 0 Å². The van der Waals surface area contributed by atoms with Crippen molar-refractivity contribution in [1.29, 1.82) is 0 Å². The van der Waals surface area contributed by atoms with Gasteiger partial charge in [-0.05, 0) is 54.2 Å². The van der Waals surface area contributed by atoms with Crippen LogP contribution in [0.3, 0.4) is 0 Å². The van der Waals surface area contributed by atoms with Crippen LogP contribution in [0.2, 0.25) is 0 Å². The Morgan fingerprint density at radius 1 is 0.759 bits per heavy atom. The second-order valence-corrected chi connectivity index (χ2v) is 10.7. The molecule has 5 nitrogen and oxygen atoms in total. The van der Waals surface area contributed by atoms with E-state index in [4.69, 9.17) is 4.98 Å². The second kappa shape index (κ2) is 6.94. The topological polar surface area (TPSA) is 78.1 Å². The van der Waals surface area contributed by atoms with E-state index in [-0.39, 0.29) is 10.8 Å². The highest BCUT2D eigenvalue weighted by molar-refractivity contribution is 9.10. The number of halogens is 1. The number of benzene rings is 1. The molecule has 0 aliphatic heterocycles. The van der Waals surface area contributed by atoms with Gasteiger partial charge in [-0.15, -0.1) is 0 Å². The van der Waals surface area contributed by atoms with E-state index >= 15 is 0 Å². The molecule has 152 valence electrons. The van der Waals surface area contributed by atoms with Crippen molar-refractivity contribution < 1.29 is 10.4 Å². The lowest BCUT2D eigenvalue weighted by atomic mass is 9.69. The lowest BCUT2D eigenvalue weighted by Crippen LogP contribution is -2.34. The molecule has 2 aliphatic carbocycles. The summed E-state index contributed by atoms with van der Waals surface area (Å²) in [7, 11) is 0. The van der Waals surface area contributed by atoms with E-state index in [1.807, 2.05) is 24.3 Å². The van der Waals surface area contributed by atoms with E-state index in [0.29, 0.717) is 24.3 Å². The number of hydrogen-bond acceptors (Lipinski definition) is 5. The second-order valence-electron chi connectivity index (χ2n) is 9.77. The SMILES string of the molecule is CC1(C)C/C(=N/O)c2c(nc3c(c2-c2ccc(Br)cc2)/C(=N\O)CC(C)(C)C3)C1. The van der Waals surface area contributed by atoms with Gasteiger partial charge >= 0.3 is 0 Å². The van der Waals surface area contributed by atoms with Gasteiger partial charge in [-0.2, -0.15) is 0 Å². The molecule has 0 fully saturated rings. The first-order valence-electron chi connectivity index (χ1n) is 9.88. The molecule has 1 heterocycles. The van der Waals surface area contributed by atoms with Crippen molar-refractivity contribution in [3.05, 3.63) is 51.3 Å². The minimum atomic E-state index is -0.0368. The van der Waals surface area contributed by atoms with Gasteiger partial charge in [0.2, 0.25) is 0 Å². The summed E-state index contributed by atoms with van der Waals surface area (Å²) in [5, 5.41) is 27.1. The van der Waals surface area contributed by atoms with Crippen molar-refractivity contribution in [1.82, 2.24) is 4.98 Å². The molecular formula is C23H26BrN3O2. The van der Waals surface area contributed by atoms with Crippen LogP contribution >= 0.6 is 15.9 Å². The molecule has 2 aromatic rings. The summed E-state index contributed by atoms with van der Waals surface area (Å²) in [6, 6.07) is 8.09. The molecule has 0 saturated carbocycles. The predicted molar refractivity (Wildman–Crippen MR) is 118 cm³/mol. The number of fused-ring (bicyclic) bond motifs is 2. The monoisotopic (exact) mass is 455 g/mol. The highest BCUT2D eigenvalue weighted by atomic mass is 79.9. The first kappa shape index (κ1) is 20.1. The van der Waals surface area contributed by atoms with Crippen LogP contribution < -0.4 is 0 Å². The molecule has 0 unspecified atom stereocenters. The standard InChI is InChI=1S/C23H26BrN3O2/c1-22(2)9-15-20(17(11-22)26-28)19(13-5-7-14(24)8-6-13)21-16(25-15)10-23(3,4)12-18(21)27-29/h5-8,28-29H,9-12H2,1-4H3/b26-17-,27-18-. The van der Waals surface area contributed by atoms with Crippen molar-refractivity contribution in [2.75, 3.05) is 0 Å². The van der Waals surface area contributed by atoms with E-state index < -0.39 is 0 Å². The largest absolute Gasteiger partial charge is 0.411 e. The summed E-state index contributed by atoms with van der Waals surface area (Å²) in [5.74, 6) is 0. The van der Waals surface area contributed by atoms with E-state index in [9.17, 15) is 10.4 Å². The van der Waals surface area contributed by atoms with Crippen LogP contribution in [0, 0.1) is 10.8 Å². The average molecular weight is 456 g/mol. The van der Waals surface area contributed by atoms with E-state index in [1.165, 1.54) is 0 Å². The summed E-state index contributed by atoms with van der Waals surface area (Å²) in [6.45, 7) is 8.69. The van der Waals surface area contributed by atoms with Crippen LogP contribution in [0.1, 0.15) is 63.1 Å². The highest BCUT2D eigenvalue weighted by Gasteiger charge is 2.39. The molecule has 0 radical (unpaired) electrons. The molecule has 2 aliphatic rings. The Morgan fingerprint density at radius 2 is 1.21 bits per heavy atom. The van der Waals surface area contributed by atoms with Gasteiger partial charge in [0, 0.05) is 21.2 Å². The molecule has 1 aromatic heterocycles. The molecule has 29 heavy (non-hydrogen) atoms. The third-order valence-corrected chi connectivity index (χ3v) is 6.41. The number of hydrogen-bond donors (Lipinski definition) is 2. The summed E-state index contributed by atoms with van der Waals surface area (Å²) in [4.78, 5) is 5.05. The number of rotatable bonds is 1. The van der Waals surface area contributed by atoms with Gasteiger partial charge in [-0.25, -0.2) is 0 Å². The van der Waals surface area contributed by atoms with Gasteiger partial charge in [-0.1, -0.05) is 66.1 Å². The maximum absolute atomic E-state index is 9.87. The maximum atomic E-state index is 9.87. The zero-order valence-electron chi connectivity index (χ0n) is 17.3. The highest BCUT2D eigenvalue weighted by Crippen LogP contribution is 2.45. The van der Waals surface area contributed by atoms with Crippen LogP contribution in [0.5, 0.6) is 0 Å². The normalized spacial score (nSPS) is 22.4. The molecule has 0 spiro atoms. The first-order valence-corrected chi connectivity index (χ1v) is 10.7. The maximum Gasteiger partial charge on any atom is 0.0898 e. The van der Waals surface area contributed by atoms with Crippen LogP contribution in [0.15, 0.2) is 39.0 Å². The Balaban J connectivity index is 2.10. The van der Waals surface area contributed by atoms with Crippen molar-refractivity contribution in [2.45, 2.75) is 53.4 Å². The molecule has 0 atom stereocenters. The van der Waals surface area contributed by atoms with Crippen molar-refractivity contribution in [3.63, 3.8) is 0 Å². The molecule has 1 aromatic carbocycles. The molecule has 0 saturated heterocycles. The average Bonchev–Trinajstić information content (AvgIpc) is 2.64. The lowest BCUT2D eigenvalue weighted by Gasteiger charge is -2.37. The lowest BCUT2D eigenvalue weighted by molar-refractivity contribution is 0.303. The first-order chi connectivity index (χ1) is 13.6. The Labute approximate surface area is 179 Å². The van der Waals surface area contributed by atoms with Crippen LogP contribution in [0.25, 0.3) is 11.1 Å². The quantitative estimate of drug-likeness (QED) is 0.420. The van der Waals surface area contributed by atoms with Gasteiger partial charge < -0.3 is 10.4 Å². The fraction of sp³-hybridized carbons (Fsp3) is 0.435. The summed E-state index contributed by atoms with van der Waals surface area (Å²) < 4.78 is 0.993. The minimum absolute atomic E-state index is 0.0368. The Bertz CT molecular complexity index is 979. The molecular weight excluding hydrogens is 430 g/mol. The van der Waals surface area contributed by atoms with Crippen molar-refractivity contribution >= 4 is 27.4 Å². The van der Waals surface area contributed by atoms with Crippen molar-refractivity contribution in [2.24, 2.45) is 21.1 Å². The van der Waals surface area contributed by atoms with Gasteiger partial charge in [0.1, 0.15) is 0 Å². The van der Waals surface area contributed by atoms with Gasteiger partial charge in [-0.3, -0.25) is 4.98 Å². The fourth-order valence-electron chi connectivity index (χ4n) is 4.76. The number of aromatic nitrogens is 1. The number of oxime groups is 2. The molecule has 2 N–H and O–H groups in total. The zero-order chi connectivity index (χ0) is 21.0. The van der Waals surface area contributed by atoms with E-state index in [1.54, 1.807) is 0 Å².